The molecule has 1 amide bonds. The molecule has 0 aliphatic heterocycles. The van der Waals surface area contributed by atoms with Crippen molar-refractivity contribution in [2.24, 2.45) is 0 Å². The summed E-state index contributed by atoms with van der Waals surface area (Å²) in [4.78, 5) is 25.5. The van der Waals surface area contributed by atoms with E-state index in [4.69, 9.17) is 5.11 Å². The maximum Gasteiger partial charge on any atom is 0.394 e. The van der Waals surface area contributed by atoms with Gasteiger partial charge in [0.15, 0.2) is 0 Å². The number of sulfonamides is 1. The zero-order valence-corrected chi connectivity index (χ0v) is 21.5. The van der Waals surface area contributed by atoms with Gasteiger partial charge < -0.3 is 10.0 Å². The Labute approximate surface area is 203 Å². The molecule has 1 heterocycles. The third-order valence-corrected chi connectivity index (χ3v) is 9.28. The first-order valence-electron chi connectivity index (χ1n) is 12.5. The van der Waals surface area contributed by atoms with Gasteiger partial charge in [0, 0.05) is 17.5 Å². The Morgan fingerprint density at radius 2 is 1.58 bits per heavy atom. The Kier molecular flexibility index (Phi) is 12.4. The molecule has 188 valence electrons. The van der Waals surface area contributed by atoms with Crippen molar-refractivity contribution in [3.05, 3.63) is 17.0 Å². The number of amides is 1. The first-order valence-corrected chi connectivity index (χ1v) is 14.8. The lowest BCUT2D eigenvalue weighted by Crippen LogP contribution is -2.42. The van der Waals surface area contributed by atoms with E-state index >= 15 is 0 Å². The standard InChI is InChI=1S/C24H40N2O5S2/c1-2-3-4-5-6-7-8-9-10-13-18-25-33(30,31)22-17-16-21(32-22)19-26(23(27)24(28)29)20-14-11-12-15-20/h16-17,20,25H,2-15,18-19H2,1H3,(H,28,29). The lowest BCUT2D eigenvalue weighted by Gasteiger charge is -2.26. The van der Waals surface area contributed by atoms with Gasteiger partial charge in [-0.3, -0.25) is 4.79 Å². The zero-order chi connectivity index (χ0) is 24.1. The van der Waals surface area contributed by atoms with Crippen LogP contribution in [0.3, 0.4) is 0 Å². The molecule has 0 bridgehead atoms. The lowest BCUT2D eigenvalue weighted by molar-refractivity contribution is -0.157. The van der Waals surface area contributed by atoms with Gasteiger partial charge in [0.1, 0.15) is 4.21 Å². The van der Waals surface area contributed by atoms with Crippen LogP contribution in [0.15, 0.2) is 16.3 Å². The van der Waals surface area contributed by atoms with Gasteiger partial charge in [0.05, 0.1) is 6.54 Å². The Bertz CT molecular complexity index is 832. The predicted octanol–water partition coefficient (Wildman–Crippen LogP) is 5.30. The Morgan fingerprint density at radius 1 is 1.00 bits per heavy atom. The number of aliphatic carboxylic acids is 1. The average molecular weight is 501 g/mol. The minimum Gasteiger partial charge on any atom is -0.474 e. The van der Waals surface area contributed by atoms with Crippen LogP contribution in [0.25, 0.3) is 0 Å². The number of hydrogen-bond acceptors (Lipinski definition) is 5. The summed E-state index contributed by atoms with van der Waals surface area (Å²) in [6, 6.07) is 3.13. The third-order valence-electron chi connectivity index (χ3n) is 6.26. The minimum absolute atomic E-state index is 0.0924. The van der Waals surface area contributed by atoms with Crippen LogP contribution in [0.4, 0.5) is 0 Å². The molecule has 33 heavy (non-hydrogen) atoms. The molecule has 1 aromatic heterocycles. The molecule has 1 aromatic rings. The molecule has 0 aromatic carbocycles. The summed E-state index contributed by atoms with van der Waals surface area (Å²) in [5.41, 5.74) is 0. The van der Waals surface area contributed by atoms with Crippen LogP contribution in [-0.4, -0.2) is 42.9 Å². The Hall–Kier alpha value is -1.45. The van der Waals surface area contributed by atoms with Crippen molar-refractivity contribution in [2.75, 3.05) is 6.54 Å². The Balaban J connectivity index is 1.74. The van der Waals surface area contributed by atoms with E-state index in [0.29, 0.717) is 11.4 Å². The van der Waals surface area contributed by atoms with E-state index in [1.807, 2.05) is 0 Å². The topological polar surface area (TPSA) is 104 Å². The summed E-state index contributed by atoms with van der Waals surface area (Å²) in [5, 5.41) is 9.16. The van der Waals surface area contributed by atoms with E-state index in [9.17, 15) is 18.0 Å². The van der Waals surface area contributed by atoms with Gasteiger partial charge >= 0.3 is 11.9 Å². The maximum atomic E-state index is 12.6. The molecular formula is C24H40N2O5S2. The van der Waals surface area contributed by atoms with Crippen LogP contribution in [0, 0.1) is 0 Å². The van der Waals surface area contributed by atoms with Crippen molar-refractivity contribution in [2.45, 2.75) is 114 Å². The molecule has 1 fully saturated rings. The van der Waals surface area contributed by atoms with Gasteiger partial charge in [-0.05, 0) is 31.4 Å². The summed E-state index contributed by atoms with van der Waals surface area (Å²) < 4.78 is 28.1. The van der Waals surface area contributed by atoms with Gasteiger partial charge in [-0.2, -0.15) is 0 Å². The van der Waals surface area contributed by atoms with Gasteiger partial charge in [-0.1, -0.05) is 77.6 Å². The van der Waals surface area contributed by atoms with E-state index in [-0.39, 0.29) is 16.8 Å². The summed E-state index contributed by atoms with van der Waals surface area (Å²) >= 11 is 1.10. The van der Waals surface area contributed by atoms with E-state index in [2.05, 4.69) is 11.6 Å². The molecule has 9 heteroatoms. The fourth-order valence-corrected chi connectivity index (χ4v) is 6.82. The van der Waals surface area contributed by atoms with Crippen LogP contribution in [0.1, 0.15) is 102 Å². The molecule has 0 saturated heterocycles. The summed E-state index contributed by atoms with van der Waals surface area (Å²) in [6.45, 7) is 2.77. The normalized spacial score (nSPS) is 14.6. The zero-order valence-electron chi connectivity index (χ0n) is 19.9. The van der Waals surface area contributed by atoms with Crippen LogP contribution in [-0.2, 0) is 26.2 Å². The molecular weight excluding hydrogens is 460 g/mol. The third kappa shape index (κ3) is 9.74. The summed E-state index contributed by atoms with van der Waals surface area (Å²) in [7, 11) is -3.59. The largest absolute Gasteiger partial charge is 0.474 e. The first-order chi connectivity index (χ1) is 15.8. The quantitative estimate of drug-likeness (QED) is 0.237. The van der Waals surface area contributed by atoms with Crippen molar-refractivity contribution in [1.29, 1.82) is 0 Å². The number of unbranched alkanes of at least 4 members (excludes halogenated alkanes) is 9. The fraction of sp³-hybridized carbons (Fsp3) is 0.750. The smallest absolute Gasteiger partial charge is 0.394 e. The van der Waals surface area contributed by atoms with Gasteiger partial charge in [-0.15, -0.1) is 11.3 Å². The summed E-state index contributed by atoms with van der Waals surface area (Å²) in [6.07, 6.45) is 15.5. The lowest BCUT2D eigenvalue weighted by atomic mass is 10.1. The summed E-state index contributed by atoms with van der Waals surface area (Å²) in [5.74, 6) is -2.39. The van der Waals surface area contributed by atoms with Crippen LogP contribution in [0.5, 0.6) is 0 Å². The number of nitrogens with one attached hydrogen (secondary N) is 1. The molecule has 1 aliphatic carbocycles. The highest BCUT2D eigenvalue weighted by molar-refractivity contribution is 7.91. The molecule has 1 aliphatic rings. The van der Waals surface area contributed by atoms with Crippen LogP contribution >= 0.6 is 11.3 Å². The second-order valence-corrected chi connectivity index (χ2v) is 12.1. The van der Waals surface area contributed by atoms with E-state index in [0.717, 1.165) is 56.3 Å². The number of thiophene rings is 1. The van der Waals surface area contributed by atoms with Crippen LogP contribution in [0.2, 0.25) is 0 Å². The van der Waals surface area contributed by atoms with Crippen molar-refractivity contribution in [3.8, 4) is 0 Å². The number of nitrogens with zero attached hydrogens (tertiary/aromatic N) is 1. The van der Waals surface area contributed by atoms with E-state index < -0.39 is 21.9 Å². The van der Waals surface area contributed by atoms with Crippen molar-refractivity contribution in [3.63, 3.8) is 0 Å². The number of carboxylic acid groups (broad SMARTS) is 1. The van der Waals surface area contributed by atoms with Gasteiger partial charge in [0.2, 0.25) is 10.0 Å². The number of hydrogen-bond donors (Lipinski definition) is 2. The average Bonchev–Trinajstić information content (AvgIpc) is 3.48. The number of rotatable bonds is 16. The molecule has 0 spiro atoms. The van der Waals surface area contributed by atoms with E-state index in [1.165, 1.54) is 49.8 Å². The van der Waals surface area contributed by atoms with E-state index in [1.54, 1.807) is 12.1 Å². The maximum absolute atomic E-state index is 12.6. The molecule has 0 radical (unpaired) electrons. The molecule has 2 rings (SSSR count). The predicted molar refractivity (Wildman–Crippen MR) is 132 cm³/mol. The second-order valence-electron chi connectivity index (χ2n) is 8.98. The van der Waals surface area contributed by atoms with Crippen LogP contribution < -0.4 is 4.72 Å². The highest BCUT2D eigenvalue weighted by Crippen LogP contribution is 2.28. The van der Waals surface area contributed by atoms with Gasteiger partial charge in [0.25, 0.3) is 0 Å². The number of carbonyl (C=O) groups excluding carboxylic acids is 1. The minimum atomic E-state index is -3.59. The highest BCUT2D eigenvalue weighted by Gasteiger charge is 2.31. The molecule has 2 N–H and O–H groups in total. The second kappa shape index (κ2) is 14.7. The highest BCUT2D eigenvalue weighted by atomic mass is 32.2. The van der Waals surface area contributed by atoms with Gasteiger partial charge in [-0.25, -0.2) is 17.9 Å². The molecule has 1 saturated carbocycles. The SMILES string of the molecule is CCCCCCCCCCCCNS(=O)(=O)c1ccc(CN(C(=O)C(=O)O)C2CCCC2)s1. The molecule has 7 nitrogen and oxygen atoms in total. The van der Waals surface area contributed by atoms with Crippen molar-refractivity contribution < 1.29 is 23.1 Å². The van der Waals surface area contributed by atoms with Crippen molar-refractivity contribution in [1.82, 2.24) is 9.62 Å². The number of carboxylic acids is 1. The molecule has 0 unspecified atom stereocenters. The van der Waals surface area contributed by atoms with Crippen molar-refractivity contribution >= 4 is 33.2 Å². The monoisotopic (exact) mass is 500 g/mol. The number of carbonyl (C=O) groups is 2. The Morgan fingerprint density at radius 3 is 2.15 bits per heavy atom. The fourth-order valence-electron chi connectivity index (χ4n) is 4.35. The molecule has 0 atom stereocenters. The first kappa shape index (κ1) is 27.8.